The molecule has 25 heavy (non-hydrogen) atoms. The Kier molecular flexibility index (Phi) is 6.56. The van der Waals surface area contributed by atoms with Gasteiger partial charge in [-0.25, -0.2) is 0 Å². The lowest BCUT2D eigenvalue weighted by Gasteiger charge is -2.18. The number of hydrogen-bond acceptors (Lipinski definition) is 3. The summed E-state index contributed by atoms with van der Waals surface area (Å²) in [5.41, 5.74) is 3.39. The highest BCUT2D eigenvalue weighted by Crippen LogP contribution is 2.21. The topological polar surface area (TPSA) is 67.4 Å². The first-order valence-corrected chi connectivity index (χ1v) is 8.24. The smallest absolute Gasteiger partial charge is 0.313 e. The van der Waals surface area contributed by atoms with Gasteiger partial charge < -0.3 is 15.4 Å². The molecule has 1 atom stereocenters. The van der Waals surface area contributed by atoms with Crippen molar-refractivity contribution in [3.05, 3.63) is 64.2 Å². The molecule has 0 heterocycles. The summed E-state index contributed by atoms with van der Waals surface area (Å²) in [4.78, 5) is 24.0. The van der Waals surface area contributed by atoms with E-state index in [2.05, 4.69) is 10.6 Å². The molecular formula is C19H21ClN2O3. The predicted molar refractivity (Wildman–Crippen MR) is 98.8 cm³/mol. The number of halogens is 1. The highest BCUT2D eigenvalue weighted by atomic mass is 35.5. The summed E-state index contributed by atoms with van der Waals surface area (Å²) in [5.74, 6) is -1.48. The molecule has 2 N–H and O–H groups in total. The standard InChI is InChI=1S/C19H21ClN2O3/c1-12-6-4-5-7-15(12)17(25-3)11-21-18(23)19(24)22-14-9-8-13(2)16(20)10-14/h4-10,17H,11H2,1-3H3,(H,21,23)(H,22,24)/t17-/m1/s1. The first kappa shape index (κ1) is 19.0. The van der Waals surface area contributed by atoms with Crippen molar-refractivity contribution < 1.29 is 14.3 Å². The van der Waals surface area contributed by atoms with Crippen LogP contribution in [-0.2, 0) is 14.3 Å². The van der Waals surface area contributed by atoms with Crippen molar-refractivity contribution in [3.8, 4) is 0 Å². The maximum atomic E-state index is 12.0. The lowest BCUT2D eigenvalue weighted by Crippen LogP contribution is -2.38. The van der Waals surface area contributed by atoms with Crippen molar-refractivity contribution >= 4 is 29.1 Å². The Morgan fingerprint density at radius 1 is 1.08 bits per heavy atom. The minimum atomic E-state index is -0.750. The Bertz CT molecular complexity index is 777. The van der Waals surface area contributed by atoms with Crippen molar-refractivity contribution in [1.29, 1.82) is 0 Å². The molecule has 0 aliphatic heterocycles. The van der Waals surface area contributed by atoms with Crippen LogP contribution in [-0.4, -0.2) is 25.5 Å². The molecule has 0 saturated carbocycles. The molecule has 2 rings (SSSR count). The summed E-state index contributed by atoms with van der Waals surface area (Å²) >= 11 is 6.01. The molecule has 6 heteroatoms. The number of ether oxygens (including phenoxy) is 1. The van der Waals surface area contributed by atoms with Crippen LogP contribution >= 0.6 is 11.6 Å². The Morgan fingerprint density at radius 2 is 1.80 bits per heavy atom. The van der Waals surface area contributed by atoms with Gasteiger partial charge >= 0.3 is 11.8 Å². The third-order valence-corrected chi connectivity index (χ3v) is 4.31. The lowest BCUT2D eigenvalue weighted by molar-refractivity contribution is -0.136. The van der Waals surface area contributed by atoms with E-state index < -0.39 is 11.8 Å². The molecule has 0 saturated heterocycles. The number of aryl methyl sites for hydroxylation is 2. The summed E-state index contributed by atoms with van der Waals surface area (Å²) in [6.07, 6.45) is -0.327. The van der Waals surface area contributed by atoms with E-state index in [0.717, 1.165) is 16.7 Å². The van der Waals surface area contributed by atoms with E-state index in [0.29, 0.717) is 10.7 Å². The van der Waals surface area contributed by atoms with E-state index in [4.69, 9.17) is 16.3 Å². The second kappa shape index (κ2) is 8.65. The van der Waals surface area contributed by atoms with Gasteiger partial charge in [-0.1, -0.05) is 41.9 Å². The molecule has 2 amide bonds. The number of benzene rings is 2. The minimum Gasteiger partial charge on any atom is -0.375 e. The highest BCUT2D eigenvalue weighted by molar-refractivity contribution is 6.39. The maximum Gasteiger partial charge on any atom is 0.313 e. The first-order chi connectivity index (χ1) is 11.9. The average Bonchev–Trinajstić information content (AvgIpc) is 2.59. The number of amides is 2. The van der Waals surface area contributed by atoms with Crippen molar-refractivity contribution in [2.45, 2.75) is 20.0 Å². The Labute approximate surface area is 152 Å². The molecule has 0 unspecified atom stereocenters. The monoisotopic (exact) mass is 360 g/mol. The first-order valence-electron chi connectivity index (χ1n) is 7.86. The molecule has 0 aliphatic carbocycles. The lowest BCUT2D eigenvalue weighted by atomic mass is 10.0. The second-order valence-electron chi connectivity index (χ2n) is 5.71. The van der Waals surface area contributed by atoms with Crippen LogP contribution in [0, 0.1) is 13.8 Å². The molecule has 0 bridgehead atoms. The summed E-state index contributed by atoms with van der Waals surface area (Å²) in [6.45, 7) is 4.02. The van der Waals surface area contributed by atoms with Crippen molar-refractivity contribution in [2.24, 2.45) is 0 Å². The molecule has 0 aliphatic rings. The summed E-state index contributed by atoms with van der Waals surface area (Å²) in [5, 5.41) is 5.65. The number of carbonyl (C=O) groups excluding carboxylic acids is 2. The van der Waals surface area contributed by atoms with Gasteiger partial charge in [0.2, 0.25) is 0 Å². The molecule has 0 radical (unpaired) electrons. The predicted octanol–water partition coefficient (Wildman–Crippen LogP) is 3.40. The average molecular weight is 361 g/mol. The van der Waals surface area contributed by atoms with Crippen LogP contribution < -0.4 is 10.6 Å². The minimum absolute atomic E-state index is 0.197. The fourth-order valence-corrected chi connectivity index (χ4v) is 2.57. The maximum absolute atomic E-state index is 12.0. The Balaban J connectivity index is 1.95. The molecule has 5 nitrogen and oxygen atoms in total. The fourth-order valence-electron chi connectivity index (χ4n) is 2.39. The third kappa shape index (κ3) is 5.05. The Morgan fingerprint density at radius 3 is 2.44 bits per heavy atom. The number of rotatable bonds is 5. The van der Waals surface area contributed by atoms with Crippen LogP contribution in [0.5, 0.6) is 0 Å². The van der Waals surface area contributed by atoms with E-state index >= 15 is 0 Å². The van der Waals surface area contributed by atoms with Gasteiger partial charge in [0.1, 0.15) is 0 Å². The number of carbonyl (C=O) groups is 2. The quantitative estimate of drug-likeness (QED) is 0.803. The number of nitrogens with one attached hydrogen (secondary N) is 2. The van der Waals surface area contributed by atoms with E-state index in [1.807, 2.05) is 38.1 Å². The van der Waals surface area contributed by atoms with Gasteiger partial charge in [0, 0.05) is 24.4 Å². The van der Waals surface area contributed by atoms with Gasteiger partial charge in [0.15, 0.2) is 0 Å². The normalized spacial score (nSPS) is 11.7. The van der Waals surface area contributed by atoms with E-state index in [-0.39, 0.29) is 12.6 Å². The van der Waals surface area contributed by atoms with Crippen molar-refractivity contribution in [2.75, 3.05) is 19.0 Å². The van der Waals surface area contributed by atoms with Crippen LogP contribution in [0.4, 0.5) is 5.69 Å². The number of anilines is 1. The zero-order chi connectivity index (χ0) is 18.4. The zero-order valence-electron chi connectivity index (χ0n) is 14.4. The second-order valence-corrected chi connectivity index (χ2v) is 6.12. The molecule has 0 aromatic heterocycles. The van der Waals surface area contributed by atoms with Crippen LogP contribution in [0.3, 0.4) is 0 Å². The SMILES string of the molecule is CO[C@H](CNC(=O)C(=O)Nc1ccc(C)c(Cl)c1)c1ccccc1C. The highest BCUT2D eigenvalue weighted by Gasteiger charge is 2.18. The zero-order valence-corrected chi connectivity index (χ0v) is 15.2. The van der Waals surface area contributed by atoms with Gasteiger partial charge in [-0.05, 0) is 42.7 Å². The molecule has 2 aromatic rings. The third-order valence-electron chi connectivity index (χ3n) is 3.90. The number of methoxy groups -OCH3 is 1. The molecule has 0 spiro atoms. The van der Waals surface area contributed by atoms with Crippen LogP contribution in [0.1, 0.15) is 22.8 Å². The van der Waals surface area contributed by atoms with Gasteiger partial charge in [0.25, 0.3) is 0 Å². The number of hydrogen-bond donors (Lipinski definition) is 2. The van der Waals surface area contributed by atoms with Crippen molar-refractivity contribution in [3.63, 3.8) is 0 Å². The van der Waals surface area contributed by atoms with E-state index in [1.165, 1.54) is 0 Å². The molecule has 132 valence electrons. The van der Waals surface area contributed by atoms with Gasteiger partial charge in [-0.2, -0.15) is 0 Å². The Hall–Kier alpha value is -2.37. The molecule has 0 fully saturated rings. The fraction of sp³-hybridized carbons (Fsp3) is 0.263. The summed E-state index contributed by atoms with van der Waals surface area (Å²) in [7, 11) is 1.57. The van der Waals surface area contributed by atoms with Gasteiger partial charge in [-0.3, -0.25) is 9.59 Å². The van der Waals surface area contributed by atoms with Crippen LogP contribution in [0.2, 0.25) is 5.02 Å². The summed E-state index contributed by atoms with van der Waals surface area (Å²) in [6, 6.07) is 12.8. The van der Waals surface area contributed by atoms with Gasteiger partial charge in [-0.15, -0.1) is 0 Å². The molecule has 2 aromatic carbocycles. The largest absolute Gasteiger partial charge is 0.375 e. The molecular weight excluding hydrogens is 340 g/mol. The van der Waals surface area contributed by atoms with E-state index in [9.17, 15) is 9.59 Å². The van der Waals surface area contributed by atoms with Crippen molar-refractivity contribution in [1.82, 2.24) is 5.32 Å². The van der Waals surface area contributed by atoms with Crippen LogP contribution in [0.25, 0.3) is 0 Å². The summed E-state index contributed by atoms with van der Waals surface area (Å²) < 4.78 is 5.43. The van der Waals surface area contributed by atoms with Gasteiger partial charge in [0.05, 0.1) is 6.10 Å². The van der Waals surface area contributed by atoms with E-state index in [1.54, 1.807) is 25.3 Å². The van der Waals surface area contributed by atoms with Crippen LogP contribution in [0.15, 0.2) is 42.5 Å².